The molecule has 0 spiro atoms. The van der Waals surface area contributed by atoms with E-state index in [-0.39, 0.29) is 11.5 Å². The summed E-state index contributed by atoms with van der Waals surface area (Å²) in [4.78, 5) is 16.3. The van der Waals surface area contributed by atoms with Gasteiger partial charge in [-0.1, -0.05) is 42.8 Å². The standard InChI is InChI=1S/C27H24ClNO3S/c1-17-15-29(16-17)13-12-18-6-9-20(10-7-18)32-26-22-11-8-19(30)14-24(22)33-27(26)25(31)21-4-2-3-5-23(21)28/h2-11,14,17,30H,12-13,15-16H2,1H3. The highest BCUT2D eigenvalue weighted by Gasteiger charge is 2.24. The molecule has 1 fully saturated rings. The van der Waals surface area contributed by atoms with Crippen LogP contribution in [0.5, 0.6) is 17.2 Å². The molecule has 2 heterocycles. The van der Waals surface area contributed by atoms with Gasteiger partial charge in [-0.05, 0) is 60.4 Å². The molecule has 0 unspecified atom stereocenters. The van der Waals surface area contributed by atoms with E-state index in [9.17, 15) is 9.90 Å². The van der Waals surface area contributed by atoms with Crippen molar-refractivity contribution in [3.63, 3.8) is 0 Å². The van der Waals surface area contributed by atoms with Gasteiger partial charge in [0, 0.05) is 35.3 Å². The fourth-order valence-corrected chi connectivity index (χ4v) is 5.56. The normalized spacial score (nSPS) is 14.4. The maximum atomic E-state index is 13.4. The minimum atomic E-state index is -0.198. The number of ether oxygens (including phenoxy) is 1. The predicted molar refractivity (Wildman–Crippen MR) is 134 cm³/mol. The maximum absolute atomic E-state index is 13.4. The number of fused-ring (bicyclic) bond motifs is 1. The van der Waals surface area contributed by atoms with Gasteiger partial charge in [0.15, 0.2) is 5.75 Å². The van der Waals surface area contributed by atoms with E-state index in [0.29, 0.717) is 27.0 Å². The minimum Gasteiger partial charge on any atom is -0.508 e. The molecule has 4 aromatic rings. The second-order valence-electron chi connectivity index (χ2n) is 8.61. The summed E-state index contributed by atoms with van der Waals surface area (Å²) in [5, 5.41) is 11.1. The van der Waals surface area contributed by atoms with Gasteiger partial charge in [-0.25, -0.2) is 0 Å². The second kappa shape index (κ2) is 9.18. The Hall–Kier alpha value is -2.86. The third-order valence-electron chi connectivity index (χ3n) is 5.95. The molecule has 1 N–H and O–H groups in total. The largest absolute Gasteiger partial charge is 0.508 e. The molecule has 1 aliphatic rings. The molecular weight excluding hydrogens is 454 g/mol. The summed E-state index contributed by atoms with van der Waals surface area (Å²) >= 11 is 7.59. The molecule has 3 aromatic carbocycles. The summed E-state index contributed by atoms with van der Waals surface area (Å²) in [6.07, 6.45) is 1.00. The fraction of sp³-hybridized carbons (Fsp3) is 0.222. The molecule has 5 rings (SSSR count). The Morgan fingerprint density at radius 2 is 1.88 bits per heavy atom. The van der Waals surface area contributed by atoms with Gasteiger partial charge in [0.05, 0.1) is 5.02 Å². The lowest BCUT2D eigenvalue weighted by Gasteiger charge is -2.37. The van der Waals surface area contributed by atoms with Crippen molar-refractivity contribution in [3.8, 4) is 17.2 Å². The van der Waals surface area contributed by atoms with Crippen LogP contribution in [-0.4, -0.2) is 35.4 Å². The van der Waals surface area contributed by atoms with Gasteiger partial charge in [-0.2, -0.15) is 0 Å². The number of ketones is 1. The van der Waals surface area contributed by atoms with Crippen LogP contribution in [0.1, 0.15) is 27.7 Å². The number of carbonyl (C=O) groups is 1. The number of hydrogen-bond donors (Lipinski definition) is 1. The van der Waals surface area contributed by atoms with Crippen LogP contribution < -0.4 is 4.74 Å². The van der Waals surface area contributed by atoms with Gasteiger partial charge in [-0.3, -0.25) is 4.79 Å². The van der Waals surface area contributed by atoms with Crippen molar-refractivity contribution in [2.75, 3.05) is 19.6 Å². The van der Waals surface area contributed by atoms with Crippen LogP contribution in [0.25, 0.3) is 10.1 Å². The lowest BCUT2D eigenvalue weighted by Crippen LogP contribution is -2.45. The minimum absolute atomic E-state index is 0.146. The average Bonchev–Trinajstić information content (AvgIpc) is 3.14. The van der Waals surface area contributed by atoms with Crippen molar-refractivity contribution < 1.29 is 14.6 Å². The summed E-state index contributed by atoms with van der Waals surface area (Å²) in [5.41, 5.74) is 1.69. The van der Waals surface area contributed by atoms with Crippen molar-refractivity contribution in [1.29, 1.82) is 0 Å². The molecule has 0 bridgehead atoms. The number of hydrogen-bond acceptors (Lipinski definition) is 5. The van der Waals surface area contributed by atoms with Crippen molar-refractivity contribution >= 4 is 38.8 Å². The zero-order valence-corrected chi connectivity index (χ0v) is 19.8. The van der Waals surface area contributed by atoms with Gasteiger partial charge < -0.3 is 14.7 Å². The van der Waals surface area contributed by atoms with E-state index in [1.54, 1.807) is 42.5 Å². The van der Waals surface area contributed by atoms with Gasteiger partial charge in [-0.15, -0.1) is 11.3 Å². The van der Waals surface area contributed by atoms with Crippen molar-refractivity contribution in [2.24, 2.45) is 5.92 Å². The Labute approximate surface area is 202 Å². The summed E-state index contributed by atoms with van der Waals surface area (Å²) in [6, 6.07) is 20.1. The highest BCUT2D eigenvalue weighted by Crippen LogP contribution is 2.43. The molecule has 0 atom stereocenters. The number of aromatic hydroxyl groups is 1. The topological polar surface area (TPSA) is 49.8 Å². The Balaban J connectivity index is 1.43. The fourth-order valence-electron chi connectivity index (χ4n) is 4.22. The number of carbonyl (C=O) groups excluding carboxylic acids is 1. The molecule has 168 valence electrons. The molecule has 0 amide bonds. The van der Waals surface area contributed by atoms with Gasteiger partial charge >= 0.3 is 0 Å². The third kappa shape index (κ3) is 4.62. The molecule has 6 heteroatoms. The Morgan fingerprint density at radius 1 is 1.12 bits per heavy atom. The molecule has 1 saturated heterocycles. The van der Waals surface area contributed by atoms with Crippen LogP contribution in [0.4, 0.5) is 0 Å². The summed E-state index contributed by atoms with van der Waals surface area (Å²) in [7, 11) is 0. The summed E-state index contributed by atoms with van der Waals surface area (Å²) in [5.74, 6) is 1.91. The van der Waals surface area contributed by atoms with Crippen LogP contribution >= 0.6 is 22.9 Å². The lowest BCUT2D eigenvalue weighted by atomic mass is 10.0. The Morgan fingerprint density at radius 3 is 2.61 bits per heavy atom. The zero-order valence-electron chi connectivity index (χ0n) is 18.3. The van der Waals surface area contributed by atoms with E-state index in [2.05, 4.69) is 24.0 Å². The second-order valence-corrected chi connectivity index (χ2v) is 10.1. The van der Waals surface area contributed by atoms with Gasteiger partial charge in [0.2, 0.25) is 5.78 Å². The molecule has 1 aliphatic heterocycles. The number of rotatable bonds is 7. The van der Waals surface area contributed by atoms with E-state index >= 15 is 0 Å². The predicted octanol–water partition coefficient (Wildman–Crippen LogP) is 6.78. The zero-order chi connectivity index (χ0) is 22.9. The highest BCUT2D eigenvalue weighted by atomic mass is 35.5. The van der Waals surface area contributed by atoms with Crippen LogP contribution in [0.3, 0.4) is 0 Å². The van der Waals surface area contributed by atoms with Crippen molar-refractivity contribution in [1.82, 2.24) is 4.90 Å². The molecule has 1 aromatic heterocycles. The number of halogens is 1. The maximum Gasteiger partial charge on any atom is 0.208 e. The Kier molecular flexibility index (Phi) is 6.11. The lowest BCUT2D eigenvalue weighted by molar-refractivity contribution is 0.104. The number of nitrogens with zero attached hydrogens (tertiary/aromatic N) is 1. The summed E-state index contributed by atoms with van der Waals surface area (Å²) in [6.45, 7) is 5.72. The first-order chi connectivity index (χ1) is 16.0. The van der Waals surface area contributed by atoms with Crippen molar-refractivity contribution in [3.05, 3.63) is 87.8 Å². The van der Waals surface area contributed by atoms with Crippen LogP contribution in [0.2, 0.25) is 5.02 Å². The van der Waals surface area contributed by atoms with E-state index < -0.39 is 0 Å². The molecule has 0 saturated carbocycles. The monoisotopic (exact) mass is 477 g/mol. The summed E-state index contributed by atoms with van der Waals surface area (Å²) < 4.78 is 7.05. The third-order valence-corrected chi connectivity index (χ3v) is 7.41. The first-order valence-corrected chi connectivity index (χ1v) is 12.2. The first kappa shape index (κ1) is 22.0. The smallest absolute Gasteiger partial charge is 0.208 e. The van der Waals surface area contributed by atoms with Crippen LogP contribution in [-0.2, 0) is 6.42 Å². The molecule has 33 heavy (non-hydrogen) atoms. The van der Waals surface area contributed by atoms with Crippen molar-refractivity contribution in [2.45, 2.75) is 13.3 Å². The quantitative estimate of drug-likeness (QED) is 0.298. The van der Waals surface area contributed by atoms with E-state index in [1.165, 1.54) is 30.0 Å². The molecule has 4 nitrogen and oxygen atoms in total. The van der Waals surface area contributed by atoms with E-state index in [1.807, 2.05) is 12.1 Å². The van der Waals surface area contributed by atoms with Gasteiger partial charge in [0.1, 0.15) is 16.4 Å². The number of thiophene rings is 1. The van der Waals surface area contributed by atoms with E-state index in [0.717, 1.165) is 29.0 Å². The van der Waals surface area contributed by atoms with Crippen LogP contribution in [0, 0.1) is 5.92 Å². The van der Waals surface area contributed by atoms with Crippen LogP contribution in [0.15, 0.2) is 66.7 Å². The molecular formula is C27H24ClNO3S. The van der Waals surface area contributed by atoms with Gasteiger partial charge in [0.25, 0.3) is 0 Å². The SMILES string of the molecule is CC1CN(CCc2ccc(Oc3c(C(=O)c4ccccc4Cl)sc4cc(O)ccc34)cc2)C1. The van der Waals surface area contributed by atoms with E-state index in [4.69, 9.17) is 16.3 Å². The number of likely N-dealkylation sites (tertiary alicyclic amines) is 1. The first-order valence-electron chi connectivity index (χ1n) is 11.0. The number of benzene rings is 3. The average molecular weight is 478 g/mol. The highest BCUT2D eigenvalue weighted by molar-refractivity contribution is 7.21. The molecule has 0 radical (unpaired) electrons. The molecule has 0 aliphatic carbocycles. The Bertz CT molecular complexity index is 1310. The number of phenolic OH excluding ortho intramolecular Hbond substituents is 1. The number of phenols is 1.